The Morgan fingerprint density at radius 2 is 2.37 bits per heavy atom. The Morgan fingerprint density at radius 3 is 3.16 bits per heavy atom. The maximum absolute atomic E-state index is 12.1. The molecule has 0 fully saturated rings. The molecule has 1 aliphatic rings. The van der Waals surface area contributed by atoms with Crippen molar-refractivity contribution in [3.8, 4) is 0 Å². The number of urea groups is 1. The van der Waals surface area contributed by atoms with Gasteiger partial charge in [-0.2, -0.15) is 0 Å². The van der Waals surface area contributed by atoms with Crippen LogP contribution in [0, 0.1) is 0 Å². The van der Waals surface area contributed by atoms with Gasteiger partial charge >= 0.3 is 6.03 Å². The number of carbonyl (C=O) groups is 1. The van der Waals surface area contributed by atoms with Gasteiger partial charge in [-0.15, -0.1) is 0 Å². The third kappa shape index (κ3) is 3.29. The second-order valence-corrected chi connectivity index (χ2v) is 4.78. The van der Waals surface area contributed by atoms with Gasteiger partial charge in [-0.25, -0.2) is 4.79 Å². The Bertz CT molecular complexity index is 417. The molecule has 0 bridgehead atoms. The first-order valence-electron chi connectivity index (χ1n) is 7.01. The van der Waals surface area contributed by atoms with Gasteiger partial charge in [-0.1, -0.05) is 0 Å². The van der Waals surface area contributed by atoms with E-state index >= 15 is 0 Å². The zero-order valence-electron chi connectivity index (χ0n) is 11.8. The second kappa shape index (κ2) is 6.61. The summed E-state index contributed by atoms with van der Waals surface area (Å²) in [6, 6.07) is 4.28. The third-order valence-electron chi connectivity index (χ3n) is 3.55. The molecule has 0 spiro atoms. The van der Waals surface area contributed by atoms with Crippen LogP contribution in [0.25, 0.3) is 0 Å². The fourth-order valence-corrected chi connectivity index (χ4v) is 2.47. The molecule has 1 aromatic rings. The molecule has 0 aliphatic carbocycles. The molecule has 1 aromatic heterocycles. The van der Waals surface area contributed by atoms with E-state index in [-0.39, 0.29) is 12.1 Å². The normalized spacial score (nSPS) is 18.2. The number of fused-ring (bicyclic) bond motifs is 1. The van der Waals surface area contributed by atoms with Crippen molar-refractivity contribution in [2.75, 3.05) is 26.3 Å². The fraction of sp³-hybridized carbons (Fsp3) is 0.643. The van der Waals surface area contributed by atoms with Crippen molar-refractivity contribution in [1.82, 2.24) is 14.8 Å². The van der Waals surface area contributed by atoms with Gasteiger partial charge in [0.25, 0.3) is 0 Å². The van der Waals surface area contributed by atoms with Gasteiger partial charge in [0.2, 0.25) is 0 Å². The van der Waals surface area contributed by atoms with Crippen molar-refractivity contribution in [2.45, 2.75) is 32.9 Å². The summed E-state index contributed by atoms with van der Waals surface area (Å²) >= 11 is 0. The molecule has 0 saturated heterocycles. The Labute approximate surface area is 114 Å². The van der Waals surface area contributed by atoms with E-state index in [1.54, 1.807) is 0 Å². The maximum atomic E-state index is 12.1. The quantitative estimate of drug-likeness (QED) is 0.828. The van der Waals surface area contributed by atoms with Gasteiger partial charge < -0.3 is 19.5 Å². The third-order valence-corrected chi connectivity index (χ3v) is 3.55. The van der Waals surface area contributed by atoms with Crippen LogP contribution in [0.5, 0.6) is 0 Å². The lowest BCUT2D eigenvalue weighted by Crippen LogP contribution is -2.46. The smallest absolute Gasteiger partial charge is 0.318 e. The van der Waals surface area contributed by atoms with Crippen LogP contribution in [-0.2, 0) is 11.3 Å². The number of nitrogens with one attached hydrogen (secondary N) is 1. The number of ether oxygens (including phenoxy) is 1. The van der Waals surface area contributed by atoms with Gasteiger partial charge in [0.1, 0.15) is 0 Å². The van der Waals surface area contributed by atoms with Gasteiger partial charge in [-0.05, 0) is 32.4 Å². The molecular formula is C14H23N3O2. The zero-order valence-corrected chi connectivity index (χ0v) is 11.8. The molecule has 5 heteroatoms. The monoisotopic (exact) mass is 265 g/mol. The highest BCUT2D eigenvalue weighted by atomic mass is 16.5. The average Bonchev–Trinajstić information content (AvgIpc) is 2.88. The lowest BCUT2D eigenvalue weighted by atomic mass is 10.1. The average molecular weight is 265 g/mol. The maximum Gasteiger partial charge on any atom is 0.318 e. The van der Waals surface area contributed by atoms with Crippen molar-refractivity contribution in [1.29, 1.82) is 0 Å². The number of carbonyl (C=O) groups excluding carboxylic acids is 1. The first-order chi connectivity index (χ1) is 9.24. The van der Waals surface area contributed by atoms with Crippen LogP contribution in [0.3, 0.4) is 0 Å². The van der Waals surface area contributed by atoms with Gasteiger partial charge in [0.05, 0.1) is 6.04 Å². The highest BCUT2D eigenvalue weighted by Gasteiger charge is 2.26. The molecule has 5 nitrogen and oxygen atoms in total. The number of hydrogen-bond donors (Lipinski definition) is 1. The Morgan fingerprint density at radius 1 is 1.53 bits per heavy atom. The Kier molecular flexibility index (Phi) is 4.85. The predicted molar refractivity (Wildman–Crippen MR) is 74.1 cm³/mol. The Hall–Kier alpha value is -1.49. The van der Waals surface area contributed by atoms with Crippen LogP contribution in [-0.4, -0.2) is 41.8 Å². The van der Waals surface area contributed by atoms with Crippen LogP contribution in [0.15, 0.2) is 18.3 Å². The SMILES string of the molecule is CCOCCCNC(=O)N1CCn2cccc2[C@@H]1C. The van der Waals surface area contributed by atoms with E-state index in [0.29, 0.717) is 13.2 Å². The summed E-state index contributed by atoms with van der Waals surface area (Å²) in [4.78, 5) is 14.0. The molecule has 2 heterocycles. The lowest BCUT2D eigenvalue weighted by molar-refractivity contribution is 0.141. The van der Waals surface area contributed by atoms with Gasteiger partial charge in [-0.3, -0.25) is 0 Å². The minimum Gasteiger partial charge on any atom is -0.382 e. The van der Waals surface area contributed by atoms with E-state index in [9.17, 15) is 4.79 Å². The van der Waals surface area contributed by atoms with Gasteiger partial charge in [0, 0.05) is 44.7 Å². The summed E-state index contributed by atoms with van der Waals surface area (Å²) in [6.07, 6.45) is 2.93. The van der Waals surface area contributed by atoms with E-state index in [2.05, 4.69) is 29.1 Å². The molecule has 1 aliphatic heterocycles. The van der Waals surface area contributed by atoms with E-state index in [0.717, 1.165) is 26.1 Å². The molecule has 0 unspecified atom stereocenters. The van der Waals surface area contributed by atoms with E-state index < -0.39 is 0 Å². The van der Waals surface area contributed by atoms with Crippen LogP contribution >= 0.6 is 0 Å². The van der Waals surface area contributed by atoms with Crippen molar-refractivity contribution in [2.24, 2.45) is 0 Å². The number of amides is 2. The van der Waals surface area contributed by atoms with Crippen molar-refractivity contribution < 1.29 is 9.53 Å². The minimum absolute atomic E-state index is 0.0245. The first kappa shape index (κ1) is 13.9. The second-order valence-electron chi connectivity index (χ2n) is 4.78. The highest BCUT2D eigenvalue weighted by molar-refractivity contribution is 5.74. The van der Waals surface area contributed by atoms with E-state index in [1.807, 2.05) is 17.9 Å². The summed E-state index contributed by atoms with van der Waals surface area (Å²) in [5.74, 6) is 0. The zero-order chi connectivity index (χ0) is 13.7. The van der Waals surface area contributed by atoms with Crippen LogP contribution in [0.1, 0.15) is 32.0 Å². The van der Waals surface area contributed by atoms with Crippen molar-refractivity contribution in [3.63, 3.8) is 0 Å². The highest BCUT2D eigenvalue weighted by Crippen LogP contribution is 2.24. The first-order valence-corrected chi connectivity index (χ1v) is 7.01. The molecular weight excluding hydrogens is 242 g/mol. The lowest BCUT2D eigenvalue weighted by Gasteiger charge is -2.34. The summed E-state index contributed by atoms with van der Waals surface area (Å²) in [7, 11) is 0. The molecule has 106 valence electrons. The number of nitrogens with zero attached hydrogens (tertiary/aromatic N) is 2. The number of rotatable bonds is 5. The molecule has 1 N–H and O–H groups in total. The van der Waals surface area contributed by atoms with Crippen LogP contribution in [0.2, 0.25) is 0 Å². The van der Waals surface area contributed by atoms with Crippen LogP contribution in [0.4, 0.5) is 4.79 Å². The Balaban J connectivity index is 1.80. The van der Waals surface area contributed by atoms with E-state index in [4.69, 9.17) is 4.74 Å². The molecule has 0 aromatic carbocycles. The molecule has 19 heavy (non-hydrogen) atoms. The van der Waals surface area contributed by atoms with E-state index in [1.165, 1.54) is 5.69 Å². The summed E-state index contributed by atoms with van der Waals surface area (Å²) < 4.78 is 7.46. The molecule has 0 radical (unpaired) electrons. The summed E-state index contributed by atoms with van der Waals surface area (Å²) in [5.41, 5.74) is 1.20. The number of hydrogen-bond acceptors (Lipinski definition) is 2. The fourth-order valence-electron chi connectivity index (χ4n) is 2.47. The summed E-state index contributed by atoms with van der Waals surface area (Å²) in [6.45, 7) is 7.79. The number of aromatic nitrogens is 1. The predicted octanol–water partition coefficient (Wildman–Crippen LogP) is 2.00. The molecule has 1 atom stereocenters. The molecule has 2 rings (SSSR count). The standard InChI is InChI=1S/C14H23N3O2/c1-3-19-11-5-7-15-14(18)17-10-9-16-8-4-6-13(16)12(17)2/h4,6,8,12H,3,5,7,9-11H2,1-2H3,(H,15,18)/t12-/m0/s1. The van der Waals surface area contributed by atoms with Crippen LogP contribution < -0.4 is 5.32 Å². The largest absolute Gasteiger partial charge is 0.382 e. The van der Waals surface area contributed by atoms with Crippen molar-refractivity contribution in [3.05, 3.63) is 24.0 Å². The minimum atomic E-state index is 0.0245. The van der Waals surface area contributed by atoms with Crippen molar-refractivity contribution >= 4 is 6.03 Å². The topological polar surface area (TPSA) is 46.5 Å². The molecule has 2 amide bonds. The summed E-state index contributed by atoms with van der Waals surface area (Å²) in [5, 5.41) is 2.96. The molecule has 0 saturated carbocycles. The van der Waals surface area contributed by atoms with Gasteiger partial charge in [0.15, 0.2) is 0 Å².